The van der Waals surface area contributed by atoms with Gasteiger partial charge in [-0.25, -0.2) is 0 Å². The number of nitrogens with one attached hydrogen (secondary N) is 1. The van der Waals surface area contributed by atoms with Gasteiger partial charge in [-0.3, -0.25) is 9.59 Å². The molecule has 5 nitrogen and oxygen atoms in total. The molecule has 2 aliphatic rings. The van der Waals surface area contributed by atoms with Gasteiger partial charge in [0.15, 0.2) is 0 Å². The molecular formula is C19H27N3O2. The molecule has 0 atom stereocenters. The number of benzene rings is 1. The normalized spacial score (nSPS) is 17.2. The Hall–Kier alpha value is -1.88. The molecule has 0 heterocycles. The van der Waals surface area contributed by atoms with Crippen molar-refractivity contribution < 1.29 is 9.59 Å². The zero-order chi connectivity index (χ0) is 16.9. The van der Waals surface area contributed by atoms with Crippen LogP contribution in [0.1, 0.15) is 44.1 Å². The quantitative estimate of drug-likeness (QED) is 0.769. The summed E-state index contributed by atoms with van der Waals surface area (Å²) in [5, 5.41) is 2.97. The Morgan fingerprint density at radius 3 is 2.33 bits per heavy atom. The van der Waals surface area contributed by atoms with E-state index in [0.717, 1.165) is 49.8 Å². The van der Waals surface area contributed by atoms with Crippen molar-refractivity contribution in [1.29, 1.82) is 0 Å². The van der Waals surface area contributed by atoms with Crippen molar-refractivity contribution in [3.05, 3.63) is 29.8 Å². The summed E-state index contributed by atoms with van der Waals surface area (Å²) in [5.74, 6) is 0.796. The van der Waals surface area contributed by atoms with Crippen molar-refractivity contribution in [2.45, 2.75) is 45.1 Å². The molecule has 0 radical (unpaired) electrons. The lowest BCUT2D eigenvalue weighted by atomic mass is 9.85. The lowest BCUT2D eigenvalue weighted by Gasteiger charge is -2.24. The highest BCUT2D eigenvalue weighted by molar-refractivity contribution is 5.93. The van der Waals surface area contributed by atoms with E-state index in [1.165, 1.54) is 0 Å². The summed E-state index contributed by atoms with van der Waals surface area (Å²) < 4.78 is 0. The third-order valence-electron chi connectivity index (χ3n) is 4.94. The van der Waals surface area contributed by atoms with Crippen LogP contribution in [0.25, 0.3) is 0 Å². The van der Waals surface area contributed by atoms with Crippen LogP contribution >= 0.6 is 0 Å². The van der Waals surface area contributed by atoms with E-state index >= 15 is 0 Å². The van der Waals surface area contributed by atoms with Crippen molar-refractivity contribution >= 4 is 17.5 Å². The second kappa shape index (κ2) is 7.79. The van der Waals surface area contributed by atoms with Crippen LogP contribution in [-0.4, -0.2) is 29.8 Å². The van der Waals surface area contributed by atoms with Gasteiger partial charge in [0.2, 0.25) is 11.8 Å². The Balaban J connectivity index is 1.56. The smallest absolute Gasteiger partial charge is 0.227 e. The number of rotatable bonds is 8. The van der Waals surface area contributed by atoms with Crippen LogP contribution in [0, 0.1) is 11.8 Å². The van der Waals surface area contributed by atoms with Gasteiger partial charge in [-0.2, -0.15) is 0 Å². The second-order valence-corrected chi connectivity index (χ2v) is 6.99. The number of nitrogens with two attached hydrogens (primary N) is 1. The molecule has 0 aliphatic heterocycles. The standard InChI is InChI=1S/C19H27N3O2/c20-11-2-12-22(19(24)16-7-8-16)13-14-5-9-17(10-6-14)21-18(23)15-3-1-4-15/h5-6,9-10,15-16H,1-4,7-8,11-13,20H2,(H,21,23). The van der Waals surface area contributed by atoms with Crippen LogP contribution in [-0.2, 0) is 16.1 Å². The van der Waals surface area contributed by atoms with Crippen LogP contribution in [0.3, 0.4) is 0 Å². The van der Waals surface area contributed by atoms with Crippen LogP contribution in [0.5, 0.6) is 0 Å². The molecule has 130 valence electrons. The zero-order valence-corrected chi connectivity index (χ0v) is 14.2. The van der Waals surface area contributed by atoms with Crippen molar-refractivity contribution in [2.24, 2.45) is 17.6 Å². The maximum Gasteiger partial charge on any atom is 0.227 e. The van der Waals surface area contributed by atoms with Gasteiger partial charge < -0.3 is 16.0 Å². The molecule has 0 bridgehead atoms. The third-order valence-corrected chi connectivity index (χ3v) is 4.94. The molecule has 0 aromatic heterocycles. The Kier molecular flexibility index (Phi) is 5.51. The number of carbonyl (C=O) groups excluding carboxylic acids is 2. The lowest BCUT2D eigenvalue weighted by Crippen LogP contribution is -2.33. The highest BCUT2D eigenvalue weighted by Crippen LogP contribution is 2.31. The number of hydrogen-bond donors (Lipinski definition) is 2. The predicted octanol–water partition coefficient (Wildman–Crippen LogP) is 2.51. The molecule has 5 heteroatoms. The van der Waals surface area contributed by atoms with E-state index in [4.69, 9.17) is 5.73 Å². The number of amides is 2. The van der Waals surface area contributed by atoms with Crippen molar-refractivity contribution in [2.75, 3.05) is 18.4 Å². The van der Waals surface area contributed by atoms with Gasteiger partial charge in [0.05, 0.1) is 0 Å². The van der Waals surface area contributed by atoms with Gasteiger partial charge in [-0.1, -0.05) is 18.6 Å². The molecule has 0 saturated heterocycles. The molecule has 3 N–H and O–H groups in total. The largest absolute Gasteiger partial charge is 0.338 e. The van der Waals surface area contributed by atoms with E-state index in [9.17, 15) is 9.59 Å². The summed E-state index contributed by atoms with van der Waals surface area (Å²) >= 11 is 0. The van der Waals surface area contributed by atoms with Gasteiger partial charge in [0, 0.05) is 30.6 Å². The van der Waals surface area contributed by atoms with E-state index in [1.807, 2.05) is 29.2 Å². The van der Waals surface area contributed by atoms with Crippen LogP contribution in [0.2, 0.25) is 0 Å². The summed E-state index contributed by atoms with van der Waals surface area (Å²) in [7, 11) is 0. The van der Waals surface area contributed by atoms with E-state index in [0.29, 0.717) is 19.6 Å². The topological polar surface area (TPSA) is 75.4 Å². The van der Waals surface area contributed by atoms with Gasteiger partial charge in [-0.05, 0) is 56.3 Å². The Morgan fingerprint density at radius 1 is 1.08 bits per heavy atom. The summed E-state index contributed by atoms with van der Waals surface area (Å²) in [4.78, 5) is 26.3. The Bertz CT molecular complexity index is 577. The Morgan fingerprint density at radius 2 is 1.79 bits per heavy atom. The Labute approximate surface area is 143 Å². The molecule has 1 aromatic rings. The maximum absolute atomic E-state index is 12.4. The fourth-order valence-corrected chi connectivity index (χ4v) is 2.97. The SMILES string of the molecule is NCCCN(Cc1ccc(NC(=O)C2CCC2)cc1)C(=O)C1CC1. The number of hydrogen-bond acceptors (Lipinski definition) is 3. The van der Waals surface area contributed by atoms with E-state index in [2.05, 4.69) is 5.32 Å². The number of nitrogens with zero attached hydrogens (tertiary/aromatic N) is 1. The van der Waals surface area contributed by atoms with E-state index < -0.39 is 0 Å². The van der Waals surface area contributed by atoms with E-state index in [-0.39, 0.29) is 23.7 Å². The first kappa shape index (κ1) is 17.0. The van der Waals surface area contributed by atoms with Crippen LogP contribution < -0.4 is 11.1 Å². The lowest BCUT2D eigenvalue weighted by molar-refractivity contribution is -0.133. The summed E-state index contributed by atoms with van der Waals surface area (Å²) in [6, 6.07) is 7.83. The minimum absolute atomic E-state index is 0.127. The molecule has 24 heavy (non-hydrogen) atoms. The molecule has 1 aromatic carbocycles. The van der Waals surface area contributed by atoms with Crippen molar-refractivity contribution in [3.8, 4) is 0 Å². The van der Waals surface area contributed by atoms with Crippen molar-refractivity contribution in [3.63, 3.8) is 0 Å². The molecular weight excluding hydrogens is 302 g/mol. The minimum Gasteiger partial charge on any atom is -0.338 e. The summed E-state index contributed by atoms with van der Waals surface area (Å²) in [6.07, 6.45) is 6.03. The molecule has 2 fully saturated rings. The highest BCUT2D eigenvalue weighted by Gasteiger charge is 2.33. The zero-order valence-electron chi connectivity index (χ0n) is 14.2. The van der Waals surface area contributed by atoms with Crippen LogP contribution in [0.4, 0.5) is 5.69 Å². The van der Waals surface area contributed by atoms with Crippen molar-refractivity contribution in [1.82, 2.24) is 4.90 Å². The predicted molar refractivity (Wildman–Crippen MR) is 94.2 cm³/mol. The second-order valence-electron chi connectivity index (χ2n) is 6.99. The van der Waals surface area contributed by atoms with E-state index in [1.54, 1.807) is 0 Å². The van der Waals surface area contributed by atoms with Gasteiger partial charge in [0.25, 0.3) is 0 Å². The summed E-state index contributed by atoms with van der Waals surface area (Å²) in [5.41, 5.74) is 7.51. The first-order valence-electron chi connectivity index (χ1n) is 9.06. The van der Waals surface area contributed by atoms with Gasteiger partial charge >= 0.3 is 0 Å². The van der Waals surface area contributed by atoms with Gasteiger partial charge in [-0.15, -0.1) is 0 Å². The minimum atomic E-state index is 0.127. The fourth-order valence-electron chi connectivity index (χ4n) is 2.97. The summed E-state index contributed by atoms with van der Waals surface area (Å²) in [6.45, 7) is 1.93. The molecule has 2 saturated carbocycles. The average Bonchev–Trinajstić information content (AvgIpc) is 3.35. The number of carbonyl (C=O) groups is 2. The molecule has 0 unspecified atom stereocenters. The first-order chi connectivity index (χ1) is 11.7. The molecule has 0 spiro atoms. The molecule has 3 rings (SSSR count). The maximum atomic E-state index is 12.4. The highest BCUT2D eigenvalue weighted by atomic mass is 16.2. The van der Waals surface area contributed by atoms with Gasteiger partial charge in [0.1, 0.15) is 0 Å². The first-order valence-corrected chi connectivity index (χ1v) is 9.06. The average molecular weight is 329 g/mol. The fraction of sp³-hybridized carbons (Fsp3) is 0.579. The third kappa shape index (κ3) is 4.35. The monoisotopic (exact) mass is 329 g/mol. The molecule has 2 aliphatic carbocycles. The van der Waals surface area contributed by atoms with Crippen LogP contribution in [0.15, 0.2) is 24.3 Å². The molecule has 2 amide bonds. The number of anilines is 1.